The highest BCUT2D eigenvalue weighted by Crippen LogP contribution is 2.30. The Morgan fingerprint density at radius 3 is 2.34 bits per heavy atom. The summed E-state index contributed by atoms with van der Waals surface area (Å²) in [5.41, 5.74) is 0.556. The summed E-state index contributed by atoms with van der Waals surface area (Å²) in [6, 6.07) is 12.8. The van der Waals surface area contributed by atoms with Gasteiger partial charge in [-0.2, -0.15) is 13.2 Å². The van der Waals surface area contributed by atoms with Crippen molar-refractivity contribution in [1.29, 1.82) is 0 Å². The molecular formula is C25H26F3N3O3S. The lowest BCUT2D eigenvalue weighted by Gasteiger charge is -2.29. The first-order chi connectivity index (χ1) is 16.5. The molecule has 1 amide bonds. The van der Waals surface area contributed by atoms with E-state index in [-0.39, 0.29) is 22.8 Å². The predicted octanol–water partition coefficient (Wildman–Crippen LogP) is 4.97. The fourth-order valence-corrected chi connectivity index (χ4v) is 5.62. The lowest BCUT2D eigenvalue weighted by molar-refractivity contribution is -0.137. The quantitative estimate of drug-likeness (QED) is 0.495. The van der Waals surface area contributed by atoms with Gasteiger partial charge < -0.3 is 5.32 Å². The van der Waals surface area contributed by atoms with Gasteiger partial charge in [0.1, 0.15) is 4.90 Å². The first-order valence-corrected chi connectivity index (χ1v) is 12.9. The standard InChI is InChI=1S/C25H26F3N3O3S/c1-16(17-6-10-20(11-7-17)25(26,27)28)30-24(32)18-8-12-21(13-9-18)31-35(33,34)22-14-19-4-2-3-5-23(19)29-15-22/h2-7,10-11,14-16,18,21,31H,8-9,12-13H2,1H3,(H,30,32)/t16?,18-,21-. The summed E-state index contributed by atoms with van der Waals surface area (Å²) in [6.07, 6.45) is -1.04. The van der Waals surface area contributed by atoms with E-state index < -0.39 is 27.8 Å². The van der Waals surface area contributed by atoms with E-state index in [4.69, 9.17) is 0 Å². The summed E-state index contributed by atoms with van der Waals surface area (Å²) in [4.78, 5) is 17.0. The SMILES string of the molecule is CC(NC(=O)[C@H]1CC[C@H](NS(=O)(=O)c2cnc3ccccc3c2)CC1)c1ccc(C(F)(F)F)cc1. The fourth-order valence-electron chi connectivity index (χ4n) is 4.33. The van der Waals surface area contributed by atoms with E-state index >= 15 is 0 Å². The van der Waals surface area contributed by atoms with E-state index in [2.05, 4.69) is 15.0 Å². The van der Waals surface area contributed by atoms with E-state index in [0.717, 1.165) is 17.5 Å². The van der Waals surface area contributed by atoms with Crippen molar-refractivity contribution in [3.63, 3.8) is 0 Å². The van der Waals surface area contributed by atoms with Crippen LogP contribution in [0, 0.1) is 5.92 Å². The predicted molar refractivity (Wildman–Crippen MR) is 126 cm³/mol. The number of aromatic nitrogens is 1. The van der Waals surface area contributed by atoms with Crippen LogP contribution in [0.25, 0.3) is 10.9 Å². The van der Waals surface area contributed by atoms with Gasteiger partial charge in [-0.15, -0.1) is 0 Å². The highest BCUT2D eigenvalue weighted by molar-refractivity contribution is 7.89. The van der Waals surface area contributed by atoms with Gasteiger partial charge in [-0.05, 0) is 62.4 Å². The van der Waals surface area contributed by atoms with E-state index in [1.807, 2.05) is 18.2 Å². The van der Waals surface area contributed by atoms with Gasteiger partial charge in [0.2, 0.25) is 15.9 Å². The van der Waals surface area contributed by atoms with E-state index in [1.54, 1.807) is 19.1 Å². The van der Waals surface area contributed by atoms with Crippen molar-refractivity contribution in [1.82, 2.24) is 15.0 Å². The van der Waals surface area contributed by atoms with Crippen molar-refractivity contribution < 1.29 is 26.4 Å². The van der Waals surface area contributed by atoms with Gasteiger partial charge in [-0.25, -0.2) is 13.1 Å². The van der Waals surface area contributed by atoms with Crippen molar-refractivity contribution >= 4 is 26.8 Å². The summed E-state index contributed by atoms with van der Waals surface area (Å²) in [5, 5.41) is 3.60. The lowest BCUT2D eigenvalue weighted by Crippen LogP contribution is -2.41. The number of hydrogen-bond donors (Lipinski definition) is 2. The van der Waals surface area contributed by atoms with Gasteiger partial charge in [0, 0.05) is 23.5 Å². The number of halogens is 3. The molecule has 186 valence electrons. The number of carbonyl (C=O) groups is 1. The number of hydrogen-bond acceptors (Lipinski definition) is 4. The summed E-state index contributed by atoms with van der Waals surface area (Å²) < 4.78 is 66.7. The van der Waals surface area contributed by atoms with Gasteiger partial charge in [-0.3, -0.25) is 9.78 Å². The summed E-state index contributed by atoms with van der Waals surface area (Å²) in [7, 11) is -3.75. The third-order valence-electron chi connectivity index (χ3n) is 6.39. The molecule has 0 radical (unpaired) electrons. The molecule has 6 nitrogen and oxygen atoms in total. The van der Waals surface area contributed by atoms with Crippen LogP contribution in [0.1, 0.15) is 49.8 Å². The number of sulfonamides is 1. The zero-order valence-corrected chi connectivity index (χ0v) is 19.9. The number of nitrogens with zero attached hydrogens (tertiary/aromatic N) is 1. The van der Waals surface area contributed by atoms with Crippen molar-refractivity contribution in [3.8, 4) is 0 Å². The minimum Gasteiger partial charge on any atom is -0.349 e. The molecule has 1 fully saturated rings. The van der Waals surface area contributed by atoms with Crippen molar-refractivity contribution in [2.75, 3.05) is 0 Å². The molecule has 1 aliphatic rings. The normalized spacial score (nSPS) is 19.9. The molecule has 2 aromatic carbocycles. The van der Waals surface area contributed by atoms with E-state index in [0.29, 0.717) is 36.8 Å². The number of rotatable bonds is 6. The molecule has 0 saturated heterocycles. The Kier molecular flexibility index (Phi) is 7.14. The molecule has 1 atom stereocenters. The maximum atomic E-state index is 12.8. The van der Waals surface area contributed by atoms with Gasteiger partial charge in [0.05, 0.1) is 17.1 Å². The maximum Gasteiger partial charge on any atom is 0.416 e. The Balaban J connectivity index is 1.31. The van der Waals surface area contributed by atoms with Crippen molar-refractivity contribution in [2.45, 2.75) is 55.8 Å². The second kappa shape index (κ2) is 9.94. The summed E-state index contributed by atoms with van der Waals surface area (Å²) in [5.74, 6) is -0.465. The number of amides is 1. The minimum absolute atomic E-state index is 0.0985. The van der Waals surface area contributed by atoms with Crippen LogP contribution >= 0.6 is 0 Å². The third-order valence-corrected chi connectivity index (χ3v) is 7.88. The number of nitrogens with one attached hydrogen (secondary N) is 2. The summed E-state index contributed by atoms with van der Waals surface area (Å²) >= 11 is 0. The van der Waals surface area contributed by atoms with Crippen LogP contribution in [0.5, 0.6) is 0 Å². The zero-order chi connectivity index (χ0) is 25.2. The molecule has 0 bridgehead atoms. The Hall–Kier alpha value is -2.98. The molecule has 1 unspecified atom stereocenters. The average molecular weight is 506 g/mol. The second-order valence-electron chi connectivity index (χ2n) is 8.88. The zero-order valence-electron chi connectivity index (χ0n) is 19.0. The molecule has 1 aliphatic carbocycles. The number of benzene rings is 2. The van der Waals surface area contributed by atoms with E-state index in [1.165, 1.54) is 18.3 Å². The van der Waals surface area contributed by atoms with Crippen LogP contribution < -0.4 is 10.0 Å². The Labute approximate surface area is 202 Å². The largest absolute Gasteiger partial charge is 0.416 e. The van der Waals surface area contributed by atoms with Crippen LogP contribution in [0.2, 0.25) is 0 Å². The number of carbonyl (C=O) groups excluding carboxylic acids is 1. The van der Waals surface area contributed by atoms with Gasteiger partial charge in [0.15, 0.2) is 0 Å². The van der Waals surface area contributed by atoms with E-state index in [9.17, 15) is 26.4 Å². The lowest BCUT2D eigenvalue weighted by atomic mass is 9.85. The van der Waals surface area contributed by atoms with Crippen LogP contribution in [0.3, 0.4) is 0 Å². The van der Waals surface area contributed by atoms with Gasteiger partial charge in [0.25, 0.3) is 0 Å². The molecule has 0 aliphatic heterocycles. The topological polar surface area (TPSA) is 88.2 Å². The maximum absolute atomic E-state index is 12.8. The van der Waals surface area contributed by atoms with Crippen LogP contribution in [0.15, 0.2) is 65.7 Å². The molecular weight excluding hydrogens is 479 g/mol. The smallest absolute Gasteiger partial charge is 0.349 e. The minimum atomic E-state index is -4.41. The highest BCUT2D eigenvalue weighted by Gasteiger charge is 2.31. The molecule has 3 aromatic rings. The average Bonchev–Trinajstić information content (AvgIpc) is 2.83. The molecule has 0 spiro atoms. The number of para-hydroxylation sites is 1. The Morgan fingerprint density at radius 1 is 1.03 bits per heavy atom. The van der Waals surface area contributed by atoms with Gasteiger partial charge in [-0.1, -0.05) is 30.3 Å². The number of fused-ring (bicyclic) bond motifs is 1. The van der Waals surface area contributed by atoms with Crippen LogP contribution in [-0.4, -0.2) is 25.4 Å². The number of pyridine rings is 1. The molecule has 4 rings (SSSR count). The first kappa shape index (κ1) is 25.1. The molecule has 10 heteroatoms. The van der Waals surface area contributed by atoms with Crippen molar-refractivity contribution in [2.24, 2.45) is 5.92 Å². The van der Waals surface area contributed by atoms with Crippen LogP contribution in [0.4, 0.5) is 13.2 Å². The third kappa shape index (κ3) is 5.99. The molecule has 2 N–H and O–H groups in total. The Morgan fingerprint density at radius 2 is 1.69 bits per heavy atom. The molecule has 1 saturated carbocycles. The number of alkyl halides is 3. The summed E-state index contributed by atoms with van der Waals surface area (Å²) in [6.45, 7) is 1.72. The molecule has 1 aromatic heterocycles. The molecule has 35 heavy (non-hydrogen) atoms. The monoisotopic (exact) mass is 505 g/mol. The molecule has 1 heterocycles. The second-order valence-corrected chi connectivity index (χ2v) is 10.6. The Bertz CT molecular complexity index is 1300. The fraction of sp³-hybridized carbons (Fsp3) is 0.360. The van der Waals surface area contributed by atoms with Crippen LogP contribution in [-0.2, 0) is 21.0 Å². The van der Waals surface area contributed by atoms with Gasteiger partial charge >= 0.3 is 6.18 Å². The van der Waals surface area contributed by atoms with Crippen molar-refractivity contribution in [3.05, 3.63) is 71.9 Å². The highest BCUT2D eigenvalue weighted by atomic mass is 32.2. The first-order valence-electron chi connectivity index (χ1n) is 11.4.